The van der Waals surface area contributed by atoms with E-state index in [9.17, 15) is 14.3 Å². The first kappa shape index (κ1) is 14.9. The molecular formula is C13H17ClFNO2. The van der Waals surface area contributed by atoms with Crippen LogP contribution in [0.5, 0.6) is 0 Å². The van der Waals surface area contributed by atoms with E-state index in [2.05, 4.69) is 5.32 Å². The Kier molecular flexibility index (Phi) is 5.56. The number of aliphatic hydroxyl groups excluding tert-OH is 1. The fraction of sp³-hybridized carbons (Fsp3) is 0.462. The number of amides is 1. The number of aliphatic hydroxyl groups is 1. The molecule has 0 saturated heterocycles. The van der Waals surface area contributed by atoms with Gasteiger partial charge in [-0.2, -0.15) is 0 Å². The molecule has 0 radical (unpaired) electrons. The van der Waals surface area contributed by atoms with Crippen LogP contribution in [0.15, 0.2) is 18.2 Å². The smallest absolute Gasteiger partial charge is 0.252 e. The molecule has 1 unspecified atom stereocenters. The number of carbonyl (C=O) groups excluding carboxylic acids is 1. The van der Waals surface area contributed by atoms with Gasteiger partial charge in [-0.25, -0.2) is 4.39 Å². The Balaban J connectivity index is 2.55. The molecule has 0 saturated carbocycles. The van der Waals surface area contributed by atoms with Crippen LogP contribution in [-0.2, 0) is 0 Å². The van der Waals surface area contributed by atoms with Crippen molar-refractivity contribution in [2.75, 3.05) is 6.54 Å². The van der Waals surface area contributed by atoms with Gasteiger partial charge in [0.25, 0.3) is 5.91 Å². The second-order valence-electron chi connectivity index (χ2n) is 4.62. The highest BCUT2D eigenvalue weighted by Gasteiger charge is 2.13. The van der Waals surface area contributed by atoms with Crippen molar-refractivity contribution in [3.8, 4) is 0 Å². The number of hydrogen-bond acceptors (Lipinski definition) is 2. The normalized spacial score (nSPS) is 12.6. The summed E-state index contributed by atoms with van der Waals surface area (Å²) < 4.78 is 12.8. The topological polar surface area (TPSA) is 49.3 Å². The second kappa shape index (κ2) is 6.71. The lowest BCUT2D eigenvalue weighted by atomic mass is 10.1. The molecule has 0 aromatic heterocycles. The minimum Gasteiger partial charge on any atom is -0.391 e. The molecule has 0 bridgehead atoms. The summed E-state index contributed by atoms with van der Waals surface area (Å²) in [5.74, 6) is -0.550. The van der Waals surface area contributed by atoms with Gasteiger partial charge in [0.05, 0.1) is 16.7 Å². The third-order valence-corrected chi connectivity index (χ3v) is 2.73. The molecule has 3 nitrogen and oxygen atoms in total. The summed E-state index contributed by atoms with van der Waals surface area (Å²) in [5.41, 5.74) is 0.204. The average Bonchev–Trinajstić information content (AvgIpc) is 2.25. The third kappa shape index (κ3) is 4.63. The van der Waals surface area contributed by atoms with Gasteiger partial charge in [-0.15, -0.1) is 0 Å². The first-order valence-electron chi connectivity index (χ1n) is 5.81. The summed E-state index contributed by atoms with van der Waals surface area (Å²) in [6.45, 7) is 4.13. The lowest BCUT2D eigenvalue weighted by molar-refractivity contribution is 0.0900. The van der Waals surface area contributed by atoms with Crippen molar-refractivity contribution in [2.45, 2.75) is 26.4 Å². The van der Waals surface area contributed by atoms with E-state index in [-0.39, 0.29) is 17.1 Å². The predicted octanol–water partition coefficient (Wildman–Crippen LogP) is 2.62. The molecule has 100 valence electrons. The predicted molar refractivity (Wildman–Crippen MR) is 69.2 cm³/mol. The summed E-state index contributed by atoms with van der Waals surface area (Å²) in [6, 6.07) is 3.58. The van der Waals surface area contributed by atoms with Crippen molar-refractivity contribution in [3.63, 3.8) is 0 Å². The Hall–Kier alpha value is -1.13. The van der Waals surface area contributed by atoms with Crippen LogP contribution in [0.2, 0.25) is 5.02 Å². The van der Waals surface area contributed by atoms with Gasteiger partial charge in [-0.3, -0.25) is 4.79 Å². The standard InChI is InChI=1S/C13H17ClFNO2/c1-8(2)5-10(17)7-16-13(18)11-4-3-9(15)6-12(11)14/h3-4,6,8,10,17H,5,7H2,1-2H3,(H,16,18). The van der Waals surface area contributed by atoms with E-state index < -0.39 is 17.8 Å². The number of hydrogen-bond donors (Lipinski definition) is 2. The number of nitrogens with one attached hydrogen (secondary N) is 1. The van der Waals surface area contributed by atoms with Crippen LogP contribution < -0.4 is 5.32 Å². The van der Waals surface area contributed by atoms with Crippen molar-refractivity contribution in [3.05, 3.63) is 34.6 Å². The fourth-order valence-electron chi connectivity index (χ4n) is 1.61. The fourth-order valence-corrected chi connectivity index (χ4v) is 1.86. The molecule has 1 atom stereocenters. The lowest BCUT2D eigenvalue weighted by Crippen LogP contribution is -2.32. The van der Waals surface area contributed by atoms with Crippen molar-refractivity contribution in [2.24, 2.45) is 5.92 Å². The monoisotopic (exact) mass is 273 g/mol. The van der Waals surface area contributed by atoms with E-state index in [1.165, 1.54) is 12.1 Å². The highest BCUT2D eigenvalue weighted by molar-refractivity contribution is 6.33. The molecular weight excluding hydrogens is 257 g/mol. The first-order chi connectivity index (χ1) is 8.40. The van der Waals surface area contributed by atoms with Crippen LogP contribution in [0.25, 0.3) is 0 Å². The summed E-state index contributed by atoms with van der Waals surface area (Å²) in [4.78, 5) is 11.7. The zero-order chi connectivity index (χ0) is 13.7. The molecule has 1 aromatic carbocycles. The lowest BCUT2D eigenvalue weighted by Gasteiger charge is -2.14. The summed E-state index contributed by atoms with van der Waals surface area (Å²) in [6.07, 6.45) is 0.0189. The summed E-state index contributed by atoms with van der Waals surface area (Å²) in [7, 11) is 0. The molecule has 1 aromatic rings. The van der Waals surface area contributed by atoms with Gasteiger partial charge in [0.15, 0.2) is 0 Å². The minimum atomic E-state index is -0.590. The largest absolute Gasteiger partial charge is 0.391 e. The number of carbonyl (C=O) groups is 1. The van der Waals surface area contributed by atoms with E-state index in [1.54, 1.807) is 0 Å². The highest BCUT2D eigenvalue weighted by Crippen LogP contribution is 2.17. The van der Waals surface area contributed by atoms with Crippen molar-refractivity contribution in [1.29, 1.82) is 0 Å². The number of rotatable bonds is 5. The SMILES string of the molecule is CC(C)CC(O)CNC(=O)c1ccc(F)cc1Cl. The molecule has 0 aliphatic carbocycles. The Morgan fingerprint density at radius 3 is 2.72 bits per heavy atom. The maximum atomic E-state index is 12.8. The van der Waals surface area contributed by atoms with Gasteiger partial charge in [0.1, 0.15) is 5.82 Å². The van der Waals surface area contributed by atoms with E-state index in [4.69, 9.17) is 11.6 Å². The molecule has 18 heavy (non-hydrogen) atoms. The van der Waals surface area contributed by atoms with E-state index in [0.29, 0.717) is 12.3 Å². The van der Waals surface area contributed by atoms with Crippen molar-refractivity contribution in [1.82, 2.24) is 5.32 Å². The number of halogens is 2. The van der Waals surface area contributed by atoms with Crippen LogP contribution in [0, 0.1) is 11.7 Å². The van der Waals surface area contributed by atoms with E-state index >= 15 is 0 Å². The Labute approximate surface area is 111 Å². The van der Waals surface area contributed by atoms with E-state index in [1.807, 2.05) is 13.8 Å². The van der Waals surface area contributed by atoms with Gasteiger partial charge in [0.2, 0.25) is 0 Å². The quantitative estimate of drug-likeness (QED) is 0.866. The maximum absolute atomic E-state index is 12.8. The molecule has 0 heterocycles. The molecule has 1 amide bonds. The number of benzene rings is 1. The van der Waals surface area contributed by atoms with E-state index in [0.717, 1.165) is 6.07 Å². The molecule has 0 aliphatic rings. The Bertz CT molecular complexity index is 423. The third-order valence-electron chi connectivity index (χ3n) is 2.42. The van der Waals surface area contributed by atoms with Gasteiger partial charge in [-0.05, 0) is 30.5 Å². The Morgan fingerprint density at radius 2 is 2.17 bits per heavy atom. The van der Waals surface area contributed by atoms with Crippen LogP contribution in [0.4, 0.5) is 4.39 Å². The van der Waals surface area contributed by atoms with Crippen LogP contribution in [0.3, 0.4) is 0 Å². The van der Waals surface area contributed by atoms with Crippen molar-refractivity contribution < 1.29 is 14.3 Å². The van der Waals surface area contributed by atoms with Gasteiger partial charge in [-0.1, -0.05) is 25.4 Å². The summed E-state index contributed by atoms with van der Waals surface area (Å²) >= 11 is 5.76. The minimum absolute atomic E-state index is 0.0610. The average molecular weight is 274 g/mol. The second-order valence-corrected chi connectivity index (χ2v) is 5.02. The molecule has 1 rings (SSSR count). The zero-order valence-corrected chi connectivity index (χ0v) is 11.2. The molecule has 0 spiro atoms. The van der Waals surface area contributed by atoms with Crippen LogP contribution in [-0.4, -0.2) is 23.7 Å². The zero-order valence-electron chi connectivity index (χ0n) is 10.4. The molecule has 2 N–H and O–H groups in total. The Morgan fingerprint density at radius 1 is 1.50 bits per heavy atom. The summed E-state index contributed by atoms with van der Waals surface area (Å²) in [5, 5.41) is 12.3. The van der Waals surface area contributed by atoms with Gasteiger partial charge < -0.3 is 10.4 Å². The first-order valence-corrected chi connectivity index (χ1v) is 6.19. The molecule has 0 aliphatic heterocycles. The highest BCUT2D eigenvalue weighted by atomic mass is 35.5. The molecule has 0 fully saturated rings. The van der Waals surface area contributed by atoms with Crippen LogP contribution in [0.1, 0.15) is 30.6 Å². The molecule has 5 heteroatoms. The van der Waals surface area contributed by atoms with Crippen molar-refractivity contribution >= 4 is 17.5 Å². The van der Waals surface area contributed by atoms with Crippen LogP contribution >= 0.6 is 11.6 Å². The maximum Gasteiger partial charge on any atom is 0.252 e. The van der Waals surface area contributed by atoms with Gasteiger partial charge >= 0.3 is 0 Å². The van der Waals surface area contributed by atoms with Gasteiger partial charge in [0, 0.05) is 6.54 Å².